The lowest BCUT2D eigenvalue weighted by Crippen LogP contribution is -2.54. The van der Waals surface area contributed by atoms with Crippen LogP contribution in [-0.4, -0.2) is 91.9 Å². The lowest BCUT2D eigenvalue weighted by molar-refractivity contribution is -0.192. The van der Waals surface area contributed by atoms with Gasteiger partial charge in [0, 0.05) is 50.0 Å². The number of rotatable bonds is 18. The molecule has 0 bridgehead atoms. The van der Waals surface area contributed by atoms with Crippen molar-refractivity contribution in [2.45, 2.75) is 88.8 Å². The molecule has 0 radical (unpaired) electrons. The van der Waals surface area contributed by atoms with Crippen LogP contribution in [0, 0.1) is 34.5 Å². The van der Waals surface area contributed by atoms with Gasteiger partial charge in [-0.05, 0) is 77.8 Å². The van der Waals surface area contributed by atoms with Crippen LogP contribution in [0.25, 0.3) is 0 Å². The van der Waals surface area contributed by atoms with Crippen LogP contribution in [0.2, 0.25) is 0 Å². The monoisotopic (exact) mass is 1480 g/mol. The van der Waals surface area contributed by atoms with Gasteiger partial charge in [0.25, 0.3) is 23.6 Å². The van der Waals surface area contributed by atoms with E-state index in [-0.39, 0.29) is 111 Å². The summed E-state index contributed by atoms with van der Waals surface area (Å²) in [5.74, 6) is -12.1. The van der Waals surface area contributed by atoms with E-state index >= 15 is 19.2 Å². The van der Waals surface area contributed by atoms with E-state index < -0.39 is 117 Å². The first-order valence-electron chi connectivity index (χ1n) is 33.9. The van der Waals surface area contributed by atoms with Gasteiger partial charge in [0.1, 0.15) is 96.2 Å². The largest absolute Gasteiger partial charge is 0.464 e. The zero-order valence-corrected chi connectivity index (χ0v) is 59.1. The molecule has 7 aliphatic rings. The maximum absolute atomic E-state index is 15.6. The molecule has 6 amide bonds. The summed E-state index contributed by atoms with van der Waals surface area (Å²) in [6.45, 7) is 0.525. The molecule has 0 saturated carbocycles. The molecular formula is C82H60N6O18S2. The van der Waals surface area contributed by atoms with Crippen molar-refractivity contribution in [3.8, 4) is 12.1 Å². The average Bonchev–Trinajstić information content (AvgIpc) is 1.36. The quantitative estimate of drug-likeness (QED) is 0.0333. The highest BCUT2D eigenvalue weighted by Crippen LogP contribution is 2.60. The van der Waals surface area contributed by atoms with Gasteiger partial charge in [0.05, 0.1) is 5.92 Å². The van der Waals surface area contributed by atoms with Gasteiger partial charge < -0.3 is 37.9 Å². The van der Waals surface area contributed by atoms with Crippen LogP contribution in [0.1, 0.15) is 76.4 Å². The average molecular weight is 1480 g/mol. The van der Waals surface area contributed by atoms with Gasteiger partial charge in [0.2, 0.25) is 0 Å². The smallest absolute Gasteiger partial charge is 0.424 e. The maximum atomic E-state index is 15.6. The van der Waals surface area contributed by atoms with Gasteiger partial charge >= 0.3 is 47.3 Å². The number of esters is 4. The number of nitrogens with zero attached hydrogens (tertiary/aromatic N) is 6. The van der Waals surface area contributed by atoms with E-state index in [9.17, 15) is 39.3 Å². The Balaban J connectivity index is 0.898. The molecule has 0 spiro atoms. The first-order chi connectivity index (χ1) is 52.4. The van der Waals surface area contributed by atoms with Gasteiger partial charge in [-0.2, -0.15) is 20.3 Å². The second kappa shape index (κ2) is 30.5. The fourth-order valence-electron chi connectivity index (χ4n) is 13.4. The van der Waals surface area contributed by atoms with Crippen molar-refractivity contribution < 1.29 is 85.8 Å². The lowest BCUT2D eigenvalue weighted by atomic mass is 9.70. The molecule has 1 aromatic heterocycles. The second-order valence-corrected chi connectivity index (χ2v) is 27.9. The summed E-state index contributed by atoms with van der Waals surface area (Å²) in [7, 11) is 0. The Morgan fingerprint density at radius 3 is 1.33 bits per heavy atom. The molecule has 26 heteroatoms. The van der Waals surface area contributed by atoms with Crippen molar-refractivity contribution in [1.82, 2.24) is 9.80 Å². The number of imide groups is 6. The Morgan fingerprint density at radius 2 is 0.907 bits per heavy atom. The molecule has 14 rings (SSSR count). The zero-order chi connectivity index (χ0) is 75.4. The van der Waals surface area contributed by atoms with Gasteiger partial charge in [-0.3, -0.25) is 24.2 Å². The Kier molecular flexibility index (Phi) is 20.3. The van der Waals surface area contributed by atoms with E-state index in [0.29, 0.717) is 39.0 Å². The Hall–Kier alpha value is -13.2. The number of aliphatic imine (C=N–C) groups is 2. The molecular weight excluding hydrogens is 1420 g/mol. The van der Waals surface area contributed by atoms with E-state index in [4.69, 9.17) is 47.9 Å². The van der Waals surface area contributed by atoms with Gasteiger partial charge in [0.15, 0.2) is 0 Å². The summed E-state index contributed by atoms with van der Waals surface area (Å²) >= 11 is 1.91. The molecule has 6 heterocycles. The highest BCUT2D eigenvalue weighted by Gasteiger charge is 2.64. The van der Waals surface area contributed by atoms with Crippen LogP contribution in [0.15, 0.2) is 266 Å². The van der Waals surface area contributed by atoms with Crippen molar-refractivity contribution in [2.75, 3.05) is 0 Å². The number of ether oxygens (including phenoxy) is 8. The third kappa shape index (κ3) is 13.7. The van der Waals surface area contributed by atoms with E-state index in [1.165, 1.54) is 19.9 Å². The lowest BCUT2D eigenvalue weighted by Gasteiger charge is -2.44. The van der Waals surface area contributed by atoms with Crippen LogP contribution in [-0.2, 0) is 121 Å². The Labute approximate surface area is 624 Å². The molecule has 538 valence electrons. The number of allylic oxidation sites excluding steroid dienone is 5. The van der Waals surface area contributed by atoms with E-state index in [1.54, 1.807) is 212 Å². The highest BCUT2D eigenvalue weighted by molar-refractivity contribution is 8.04. The molecule has 0 N–H and O–H groups in total. The minimum absolute atomic E-state index is 0.0122. The van der Waals surface area contributed by atoms with Crippen LogP contribution >= 0.6 is 23.1 Å². The van der Waals surface area contributed by atoms with Crippen LogP contribution < -0.4 is 0 Å². The summed E-state index contributed by atoms with van der Waals surface area (Å²) in [5, 5.41) is 19.6. The van der Waals surface area contributed by atoms with Crippen LogP contribution in [0.3, 0.4) is 0 Å². The molecule has 0 saturated heterocycles. The number of benzene rings is 6. The third-order valence-electron chi connectivity index (χ3n) is 18.8. The fourth-order valence-corrected chi connectivity index (χ4v) is 15.9. The summed E-state index contributed by atoms with van der Waals surface area (Å²) in [6.07, 6.45) is 2.11. The Morgan fingerprint density at radius 1 is 0.509 bits per heavy atom. The molecule has 6 aromatic carbocycles. The SMILES string of the molecule is CC1=C(C#N)C(=O)N(C(=O)OCc2ccccc2)C(=O)/C1=N\C1CC2=C(S1)C1=CC3C=C4OC(C(=O)OCc5ccccc5)(C(=O)OCc5ccccc5)c5cc(/N=C6/C(=O)N(C(=O)OCc7ccccc7)C(=O)C(C#N)=C6C)sc5C4CC3C=C1OC2(C(=O)OCc1ccccc1)C(=O)OCc1ccccc1. The third-order valence-corrected chi connectivity index (χ3v) is 21.2. The van der Waals surface area contributed by atoms with Crippen molar-refractivity contribution in [3.63, 3.8) is 0 Å². The second-order valence-electron chi connectivity index (χ2n) is 25.6. The number of thiophene rings is 1. The number of nitriles is 2. The fraction of sp³-hybridized carbons (Fsp3) is 0.195. The molecule has 0 fully saturated rings. The molecule has 24 nitrogen and oxygen atoms in total. The number of carbonyl (C=O) groups is 10. The summed E-state index contributed by atoms with van der Waals surface area (Å²) in [6, 6.07) is 56.4. The van der Waals surface area contributed by atoms with Crippen molar-refractivity contribution >= 4 is 99.2 Å². The minimum atomic E-state index is -2.81. The molecule has 4 unspecified atom stereocenters. The number of amides is 6. The Bertz CT molecular complexity index is 5160. The predicted octanol–water partition coefficient (Wildman–Crippen LogP) is 12.5. The number of hydrogen-bond donors (Lipinski definition) is 0. The van der Waals surface area contributed by atoms with E-state index in [1.807, 2.05) is 0 Å². The normalized spacial score (nSPS) is 20.1. The van der Waals surface area contributed by atoms with Gasteiger partial charge in [-0.25, -0.2) is 33.8 Å². The number of carbonyl (C=O) groups excluding carboxylic acids is 10. The van der Waals surface area contributed by atoms with Crippen molar-refractivity contribution in [1.29, 1.82) is 10.5 Å². The predicted molar refractivity (Wildman–Crippen MR) is 386 cm³/mol. The molecule has 2 aliphatic carbocycles. The minimum Gasteiger partial charge on any atom is -0.464 e. The molecule has 108 heavy (non-hydrogen) atoms. The van der Waals surface area contributed by atoms with Crippen LogP contribution in [0.4, 0.5) is 14.6 Å². The molecule has 7 aromatic rings. The number of fused-ring (bicyclic) bond motifs is 6. The van der Waals surface area contributed by atoms with Crippen LogP contribution in [0.5, 0.6) is 0 Å². The maximum Gasteiger partial charge on any atom is 0.424 e. The highest BCUT2D eigenvalue weighted by atomic mass is 32.2. The van der Waals surface area contributed by atoms with Gasteiger partial charge in [-0.1, -0.05) is 200 Å². The summed E-state index contributed by atoms with van der Waals surface area (Å²) < 4.78 is 49.2. The summed E-state index contributed by atoms with van der Waals surface area (Å²) in [4.78, 5) is 158. The standard InChI is InChI=1S/C82H60N6O18S2/c1-47-59(39-83)71(89)87(79(97)103-45-53-29-17-7-18-30-53)73(91)67(47)85-65-37-61-69(107-65)57-33-55-36-64-58(34-56(55)35-63(57)105-81(61,75(93)99-41-49-21-9-3-10-22-49)76(94)100-42-50-23-11-4-12-24-50)70-62(82(106-64,77(95)101-43-51-25-13-5-14-26-51)78(96)102-44-52-27-15-6-16-28-52)38-66(108-70)86-68-48(2)60(40-84)72(90)88(74(68)92)80(98)104-46-54-31-19-8-20-32-54/h3-33,35-36,38,55-56,58,65H,34,37,41-46H2,1-2H3/b85-67-,86-68+. The van der Waals surface area contributed by atoms with E-state index in [2.05, 4.69) is 0 Å². The summed E-state index contributed by atoms with van der Waals surface area (Å²) in [5.41, 5.74) is -4.76. The molecule has 5 aliphatic heterocycles. The topological polar surface area (TPSA) is 323 Å². The van der Waals surface area contributed by atoms with Crippen molar-refractivity contribution in [3.05, 3.63) is 300 Å². The first-order valence-corrected chi connectivity index (χ1v) is 35.6. The van der Waals surface area contributed by atoms with Gasteiger partial charge in [-0.15, -0.1) is 11.3 Å². The zero-order valence-electron chi connectivity index (χ0n) is 57.4. The van der Waals surface area contributed by atoms with E-state index in [0.717, 1.165) is 23.1 Å². The molecule has 4 atom stereocenters. The number of hydrogen-bond acceptors (Lipinski definition) is 24. The van der Waals surface area contributed by atoms with Crippen molar-refractivity contribution in [2.24, 2.45) is 21.8 Å². The first kappa shape index (κ1) is 71.8. The number of thioether (sulfide) groups is 1.